The molecule has 0 fully saturated rings. The third-order valence-corrected chi connectivity index (χ3v) is 4.64. The third-order valence-electron chi connectivity index (χ3n) is 4.09. The van der Waals surface area contributed by atoms with Crippen molar-refractivity contribution in [3.05, 3.63) is 78.5 Å². The van der Waals surface area contributed by atoms with Crippen molar-refractivity contribution in [3.8, 4) is 11.3 Å². The van der Waals surface area contributed by atoms with Crippen LogP contribution in [0.3, 0.4) is 0 Å². The number of aromatic nitrogens is 3. The normalized spacial score (nSPS) is 10.7. The Labute approximate surface area is 160 Å². The van der Waals surface area contributed by atoms with Crippen LogP contribution in [-0.2, 0) is 0 Å². The van der Waals surface area contributed by atoms with Crippen molar-refractivity contribution < 1.29 is 4.79 Å². The van der Waals surface area contributed by atoms with Gasteiger partial charge in [0, 0.05) is 23.2 Å². The number of carbonyl (C=O) groups excluding carboxylic acids is 1. The maximum Gasteiger partial charge on any atom is 0.257 e. The minimum absolute atomic E-state index is 0.224. The third kappa shape index (κ3) is 3.66. The van der Waals surface area contributed by atoms with Gasteiger partial charge >= 0.3 is 0 Å². The van der Waals surface area contributed by atoms with E-state index in [1.165, 1.54) is 11.8 Å². The molecule has 0 saturated carbocycles. The van der Waals surface area contributed by atoms with Crippen molar-refractivity contribution >= 4 is 34.4 Å². The standard InChI is InChI=1S/C21H16N4OS/c1-27-21-23-18(14-7-3-2-4-8-14)13-19(25-21)24-20(26)16-11-12-22-17-10-6-5-9-15(16)17/h2-13H,1H3,(H,23,24,25,26). The second kappa shape index (κ2) is 7.55. The topological polar surface area (TPSA) is 67.8 Å². The molecule has 0 spiro atoms. The Morgan fingerprint density at radius 2 is 1.74 bits per heavy atom. The van der Waals surface area contributed by atoms with E-state index >= 15 is 0 Å². The lowest BCUT2D eigenvalue weighted by molar-refractivity contribution is 0.102. The quantitative estimate of drug-likeness (QED) is 0.417. The first kappa shape index (κ1) is 17.2. The Bertz CT molecular complexity index is 1110. The van der Waals surface area contributed by atoms with Crippen LogP contribution < -0.4 is 5.32 Å². The lowest BCUT2D eigenvalue weighted by Crippen LogP contribution is -2.14. The molecule has 27 heavy (non-hydrogen) atoms. The number of hydrogen-bond acceptors (Lipinski definition) is 5. The fourth-order valence-corrected chi connectivity index (χ4v) is 3.19. The summed E-state index contributed by atoms with van der Waals surface area (Å²) in [6, 6.07) is 20.9. The van der Waals surface area contributed by atoms with E-state index in [2.05, 4.69) is 20.3 Å². The average molecular weight is 372 g/mol. The summed E-state index contributed by atoms with van der Waals surface area (Å²) in [6.07, 6.45) is 3.55. The number of carbonyl (C=O) groups is 1. The minimum Gasteiger partial charge on any atom is -0.306 e. The molecule has 2 aromatic heterocycles. The highest BCUT2D eigenvalue weighted by molar-refractivity contribution is 7.98. The highest BCUT2D eigenvalue weighted by atomic mass is 32.2. The van der Waals surface area contributed by atoms with Gasteiger partial charge in [-0.3, -0.25) is 9.78 Å². The monoisotopic (exact) mass is 372 g/mol. The molecule has 0 bridgehead atoms. The Morgan fingerprint density at radius 3 is 2.56 bits per heavy atom. The molecule has 1 amide bonds. The van der Waals surface area contributed by atoms with Crippen LogP contribution in [0.5, 0.6) is 0 Å². The molecule has 0 saturated heterocycles. The number of nitrogens with zero attached hydrogens (tertiary/aromatic N) is 3. The number of benzene rings is 2. The fourth-order valence-electron chi connectivity index (χ4n) is 2.81. The Kier molecular flexibility index (Phi) is 4.80. The van der Waals surface area contributed by atoms with E-state index in [-0.39, 0.29) is 5.91 Å². The Hall–Kier alpha value is -3.25. The summed E-state index contributed by atoms with van der Waals surface area (Å²) in [5.74, 6) is 0.248. The van der Waals surface area contributed by atoms with Gasteiger partial charge < -0.3 is 5.32 Å². The Morgan fingerprint density at radius 1 is 0.963 bits per heavy atom. The molecular formula is C21H16N4OS. The van der Waals surface area contributed by atoms with E-state index in [1.807, 2.05) is 60.9 Å². The van der Waals surface area contributed by atoms with Crippen LogP contribution in [-0.4, -0.2) is 27.1 Å². The van der Waals surface area contributed by atoms with Crippen LogP contribution in [0.1, 0.15) is 10.4 Å². The summed E-state index contributed by atoms with van der Waals surface area (Å²) in [5.41, 5.74) is 3.08. The number of anilines is 1. The fraction of sp³-hybridized carbons (Fsp3) is 0.0476. The second-order valence-electron chi connectivity index (χ2n) is 5.82. The van der Waals surface area contributed by atoms with E-state index in [1.54, 1.807) is 18.3 Å². The summed E-state index contributed by atoms with van der Waals surface area (Å²) in [7, 11) is 0. The Balaban J connectivity index is 1.70. The molecule has 132 valence electrons. The molecule has 0 radical (unpaired) electrons. The molecule has 2 aromatic carbocycles. The molecule has 1 N–H and O–H groups in total. The van der Waals surface area contributed by atoms with Gasteiger partial charge in [0.05, 0.1) is 16.8 Å². The predicted molar refractivity (Wildman–Crippen MR) is 109 cm³/mol. The number of rotatable bonds is 4. The van der Waals surface area contributed by atoms with Crippen LogP contribution >= 0.6 is 11.8 Å². The first-order valence-corrected chi connectivity index (χ1v) is 9.60. The lowest BCUT2D eigenvalue weighted by Gasteiger charge is -2.10. The molecule has 0 unspecified atom stereocenters. The van der Waals surface area contributed by atoms with Gasteiger partial charge in [-0.1, -0.05) is 60.3 Å². The predicted octanol–water partition coefficient (Wildman–Crippen LogP) is 4.67. The summed E-state index contributed by atoms with van der Waals surface area (Å²) in [5, 5.41) is 4.31. The SMILES string of the molecule is CSc1nc(NC(=O)c2ccnc3ccccc23)cc(-c2ccccc2)n1. The van der Waals surface area contributed by atoms with Crippen LogP contribution in [0.4, 0.5) is 5.82 Å². The molecular weight excluding hydrogens is 356 g/mol. The highest BCUT2D eigenvalue weighted by Crippen LogP contribution is 2.24. The molecule has 6 heteroatoms. The van der Waals surface area contributed by atoms with E-state index in [4.69, 9.17) is 0 Å². The first-order valence-electron chi connectivity index (χ1n) is 8.38. The zero-order valence-corrected chi connectivity index (χ0v) is 15.4. The largest absolute Gasteiger partial charge is 0.306 e. The molecule has 0 atom stereocenters. The van der Waals surface area contributed by atoms with Crippen LogP contribution in [0.15, 0.2) is 78.1 Å². The van der Waals surface area contributed by atoms with E-state index in [0.717, 1.165) is 22.2 Å². The van der Waals surface area contributed by atoms with Gasteiger partial charge in [-0.2, -0.15) is 0 Å². The zero-order chi connectivity index (χ0) is 18.6. The lowest BCUT2D eigenvalue weighted by atomic mass is 10.1. The summed E-state index contributed by atoms with van der Waals surface area (Å²) in [6.45, 7) is 0. The maximum absolute atomic E-state index is 12.9. The number of thioether (sulfide) groups is 1. The van der Waals surface area contributed by atoms with Crippen molar-refractivity contribution in [2.24, 2.45) is 0 Å². The second-order valence-corrected chi connectivity index (χ2v) is 6.59. The van der Waals surface area contributed by atoms with Crippen molar-refractivity contribution in [2.75, 3.05) is 11.6 Å². The number of nitrogens with one attached hydrogen (secondary N) is 1. The molecule has 2 heterocycles. The maximum atomic E-state index is 12.9. The first-order chi connectivity index (χ1) is 13.2. The highest BCUT2D eigenvalue weighted by Gasteiger charge is 2.13. The van der Waals surface area contributed by atoms with Crippen LogP contribution in [0.2, 0.25) is 0 Å². The van der Waals surface area contributed by atoms with E-state index < -0.39 is 0 Å². The number of pyridine rings is 1. The van der Waals surface area contributed by atoms with Gasteiger partial charge in [-0.15, -0.1) is 0 Å². The molecule has 0 aliphatic heterocycles. The van der Waals surface area contributed by atoms with E-state index in [0.29, 0.717) is 16.5 Å². The van der Waals surface area contributed by atoms with Gasteiger partial charge in [0.2, 0.25) is 0 Å². The molecule has 4 aromatic rings. The average Bonchev–Trinajstić information content (AvgIpc) is 2.73. The van der Waals surface area contributed by atoms with Crippen molar-refractivity contribution in [1.82, 2.24) is 15.0 Å². The van der Waals surface area contributed by atoms with Crippen molar-refractivity contribution in [2.45, 2.75) is 5.16 Å². The van der Waals surface area contributed by atoms with Crippen LogP contribution in [0, 0.1) is 0 Å². The number of para-hydroxylation sites is 1. The van der Waals surface area contributed by atoms with Gasteiger partial charge in [0.1, 0.15) is 5.82 Å². The molecule has 4 rings (SSSR count). The van der Waals surface area contributed by atoms with Crippen LogP contribution in [0.25, 0.3) is 22.2 Å². The van der Waals surface area contributed by atoms with Gasteiger partial charge in [-0.05, 0) is 18.4 Å². The molecule has 0 aliphatic rings. The number of fused-ring (bicyclic) bond motifs is 1. The molecule has 5 nitrogen and oxygen atoms in total. The smallest absolute Gasteiger partial charge is 0.257 e. The number of hydrogen-bond donors (Lipinski definition) is 1. The van der Waals surface area contributed by atoms with Crippen molar-refractivity contribution in [3.63, 3.8) is 0 Å². The minimum atomic E-state index is -0.224. The van der Waals surface area contributed by atoms with Gasteiger partial charge in [0.15, 0.2) is 5.16 Å². The summed E-state index contributed by atoms with van der Waals surface area (Å²) in [4.78, 5) is 26.1. The number of amides is 1. The van der Waals surface area contributed by atoms with Gasteiger partial charge in [0.25, 0.3) is 5.91 Å². The van der Waals surface area contributed by atoms with Gasteiger partial charge in [-0.25, -0.2) is 9.97 Å². The summed E-state index contributed by atoms with van der Waals surface area (Å²) < 4.78 is 0. The van der Waals surface area contributed by atoms with Crippen molar-refractivity contribution in [1.29, 1.82) is 0 Å². The summed E-state index contributed by atoms with van der Waals surface area (Å²) >= 11 is 1.43. The van der Waals surface area contributed by atoms with E-state index in [9.17, 15) is 4.79 Å². The molecule has 0 aliphatic carbocycles. The zero-order valence-electron chi connectivity index (χ0n) is 14.6.